The van der Waals surface area contributed by atoms with Crippen molar-refractivity contribution < 1.29 is 4.79 Å². The number of aromatic nitrogens is 4. The molecule has 0 saturated carbocycles. The van der Waals surface area contributed by atoms with Crippen LogP contribution in [0.15, 0.2) is 71.5 Å². The van der Waals surface area contributed by atoms with Gasteiger partial charge in [0.25, 0.3) is 11.5 Å². The molecule has 1 amide bonds. The molecule has 1 N–H and O–H groups in total. The number of aryl methyl sites for hydroxylation is 1. The first-order chi connectivity index (χ1) is 15.9. The molecule has 0 unspecified atom stereocenters. The first-order valence-electron chi connectivity index (χ1n) is 10.4. The Morgan fingerprint density at radius 1 is 1.00 bits per heavy atom. The minimum Gasteiger partial charge on any atom is -0.319 e. The van der Waals surface area contributed by atoms with Crippen LogP contribution in [0.25, 0.3) is 16.7 Å². The molecule has 0 bridgehead atoms. The first kappa shape index (κ1) is 20.9. The van der Waals surface area contributed by atoms with Gasteiger partial charge in [-0.15, -0.1) is 5.10 Å². The zero-order valence-electron chi connectivity index (χ0n) is 18.0. The average Bonchev–Trinajstić information content (AvgIpc) is 3.26. The van der Waals surface area contributed by atoms with Crippen molar-refractivity contribution in [1.29, 1.82) is 0 Å². The highest BCUT2D eigenvalue weighted by Crippen LogP contribution is 2.23. The Morgan fingerprint density at radius 3 is 2.58 bits per heavy atom. The van der Waals surface area contributed by atoms with E-state index < -0.39 is 5.91 Å². The van der Waals surface area contributed by atoms with Gasteiger partial charge in [-0.05, 0) is 54.8 Å². The van der Waals surface area contributed by atoms with Crippen LogP contribution in [-0.4, -0.2) is 25.1 Å². The van der Waals surface area contributed by atoms with E-state index in [0.717, 1.165) is 22.2 Å². The molecule has 0 fully saturated rings. The molecule has 0 saturated heterocycles. The lowest BCUT2D eigenvalue weighted by atomic mass is 10.2. The molecule has 164 valence electrons. The second-order valence-electron chi connectivity index (χ2n) is 7.91. The highest BCUT2D eigenvalue weighted by molar-refractivity contribution is 6.31. The summed E-state index contributed by atoms with van der Waals surface area (Å²) in [6, 6.07) is 20.7. The lowest BCUT2D eigenvalue weighted by Gasteiger charge is -2.12. The summed E-state index contributed by atoms with van der Waals surface area (Å²) in [5, 5.41) is 7.71. The van der Waals surface area contributed by atoms with Crippen LogP contribution in [0.4, 0.5) is 5.69 Å². The van der Waals surface area contributed by atoms with E-state index in [1.807, 2.05) is 62.4 Å². The average molecular weight is 458 g/mol. The number of rotatable bonds is 4. The van der Waals surface area contributed by atoms with Crippen molar-refractivity contribution in [2.75, 3.05) is 5.32 Å². The number of carbonyl (C=O) groups is 1. The highest BCUT2D eigenvalue weighted by atomic mass is 35.5. The van der Waals surface area contributed by atoms with E-state index in [-0.39, 0.29) is 17.0 Å². The molecule has 2 heterocycles. The minimum absolute atomic E-state index is 0.0918. The topological polar surface area (TPSA) is 81.3 Å². The van der Waals surface area contributed by atoms with Gasteiger partial charge >= 0.3 is 0 Å². The normalized spacial score (nSPS) is 11.2. The fourth-order valence-electron chi connectivity index (χ4n) is 3.82. The Hall–Kier alpha value is -3.97. The summed E-state index contributed by atoms with van der Waals surface area (Å²) in [4.78, 5) is 30.7. The Morgan fingerprint density at radius 2 is 1.79 bits per heavy atom. The number of nitrogens with one attached hydrogen (secondary N) is 1. The van der Waals surface area contributed by atoms with Crippen LogP contribution in [0, 0.1) is 13.8 Å². The lowest BCUT2D eigenvalue weighted by molar-refractivity contribution is 0.101. The van der Waals surface area contributed by atoms with Gasteiger partial charge in [-0.1, -0.05) is 54.1 Å². The summed E-state index contributed by atoms with van der Waals surface area (Å²) in [7, 11) is 0. The van der Waals surface area contributed by atoms with Crippen molar-refractivity contribution in [3.63, 3.8) is 0 Å². The maximum atomic E-state index is 13.4. The fourth-order valence-corrected chi connectivity index (χ4v) is 3.99. The monoisotopic (exact) mass is 457 g/mol. The van der Waals surface area contributed by atoms with E-state index >= 15 is 0 Å². The number of benzene rings is 3. The van der Waals surface area contributed by atoms with Crippen LogP contribution in [-0.2, 0) is 6.54 Å². The SMILES string of the molecule is Cc1ccc2c(c1)n(Cc1ccccc1)c(=O)c1nc(C(=O)Nc3cccc(Cl)c3C)nn12. The van der Waals surface area contributed by atoms with Crippen molar-refractivity contribution in [3.8, 4) is 0 Å². The summed E-state index contributed by atoms with van der Waals surface area (Å²) in [5.41, 5.74) is 4.49. The molecule has 2 aromatic heterocycles. The van der Waals surface area contributed by atoms with E-state index in [4.69, 9.17) is 11.6 Å². The van der Waals surface area contributed by atoms with Gasteiger partial charge in [0.1, 0.15) is 0 Å². The molecular weight excluding hydrogens is 438 g/mol. The van der Waals surface area contributed by atoms with Crippen LogP contribution in [0.1, 0.15) is 27.3 Å². The Labute approximate surface area is 194 Å². The molecule has 0 atom stereocenters. The van der Waals surface area contributed by atoms with Crippen molar-refractivity contribution in [1.82, 2.24) is 19.2 Å². The number of anilines is 1. The second kappa shape index (κ2) is 8.18. The van der Waals surface area contributed by atoms with Gasteiger partial charge in [0, 0.05) is 10.7 Å². The quantitative estimate of drug-likeness (QED) is 0.427. The molecule has 3 aromatic carbocycles. The second-order valence-corrected chi connectivity index (χ2v) is 8.31. The fraction of sp³-hybridized carbons (Fsp3) is 0.120. The molecule has 5 rings (SSSR count). The Balaban J connectivity index is 1.65. The third-order valence-corrected chi connectivity index (χ3v) is 6.01. The summed E-state index contributed by atoms with van der Waals surface area (Å²) < 4.78 is 3.11. The number of hydrogen-bond donors (Lipinski definition) is 1. The first-order valence-corrected chi connectivity index (χ1v) is 10.8. The number of fused-ring (bicyclic) bond motifs is 3. The highest BCUT2D eigenvalue weighted by Gasteiger charge is 2.20. The minimum atomic E-state index is -0.515. The molecule has 5 aromatic rings. The predicted octanol–water partition coefficient (Wildman–Crippen LogP) is 4.62. The third kappa shape index (κ3) is 3.76. The largest absolute Gasteiger partial charge is 0.319 e. The van der Waals surface area contributed by atoms with Crippen LogP contribution < -0.4 is 10.9 Å². The van der Waals surface area contributed by atoms with Gasteiger partial charge in [0.2, 0.25) is 11.5 Å². The summed E-state index contributed by atoms with van der Waals surface area (Å²) in [6.45, 7) is 4.16. The summed E-state index contributed by atoms with van der Waals surface area (Å²) >= 11 is 6.16. The molecule has 0 aliphatic rings. The van der Waals surface area contributed by atoms with E-state index in [1.54, 1.807) is 22.8 Å². The summed E-state index contributed by atoms with van der Waals surface area (Å²) in [6.07, 6.45) is 0. The number of carbonyl (C=O) groups excluding carboxylic acids is 1. The zero-order valence-corrected chi connectivity index (χ0v) is 18.8. The van der Waals surface area contributed by atoms with Gasteiger partial charge < -0.3 is 5.32 Å². The predicted molar refractivity (Wildman–Crippen MR) is 129 cm³/mol. The molecule has 33 heavy (non-hydrogen) atoms. The van der Waals surface area contributed by atoms with Gasteiger partial charge in [-0.3, -0.25) is 14.2 Å². The molecule has 8 heteroatoms. The van der Waals surface area contributed by atoms with Crippen molar-refractivity contribution in [2.24, 2.45) is 0 Å². The number of halogens is 1. The van der Waals surface area contributed by atoms with Gasteiger partial charge in [0.05, 0.1) is 17.6 Å². The lowest BCUT2D eigenvalue weighted by Crippen LogP contribution is -2.24. The molecule has 0 radical (unpaired) electrons. The zero-order chi connectivity index (χ0) is 23.1. The van der Waals surface area contributed by atoms with Crippen LogP contribution in [0.5, 0.6) is 0 Å². The van der Waals surface area contributed by atoms with E-state index in [1.165, 1.54) is 4.52 Å². The Bertz CT molecular complexity index is 1590. The molecular formula is C25H20ClN5O2. The Kier molecular flexibility index (Phi) is 5.18. The number of nitrogens with zero attached hydrogens (tertiary/aromatic N) is 4. The molecule has 0 spiro atoms. The van der Waals surface area contributed by atoms with Crippen LogP contribution in [0.3, 0.4) is 0 Å². The van der Waals surface area contributed by atoms with Crippen molar-refractivity contribution in [2.45, 2.75) is 20.4 Å². The van der Waals surface area contributed by atoms with E-state index in [2.05, 4.69) is 15.4 Å². The standard InChI is InChI=1S/C25H20ClN5O2/c1-15-11-12-20-21(13-15)30(14-17-7-4-3-5-8-17)25(33)23-28-22(29-31(20)23)24(32)27-19-10-6-9-18(26)16(19)2/h3-13H,14H2,1-2H3,(H,27,32). The molecule has 0 aliphatic carbocycles. The van der Waals surface area contributed by atoms with Gasteiger partial charge in [0.15, 0.2) is 0 Å². The van der Waals surface area contributed by atoms with Crippen LogP contribution >= 0.6 is 11.6 Å². The third-order valence-electron chi connectivity index (χ3n) is 5.60. The van der Waals surface area contributed by atoms with E-state index in [9.17, 15) is 9.59 Å². The smallest absolute Gasteiger partial charge is 0.296 e. The van der Waals surface area contributed by atoms with E-state index in [0.29, 0.717) is 22.8 Å². The van der Waals surface area contributed by atoms with Crippen molar-refractivity contribution in [3.05, 3.63) is 105 Å². The molecule has 7 nitrogen and oxygen atoms in total. The summed E-state index contributed by atoms with van der Waals surface area (Å²) in [5.74, 6) is -0.607. The maximum absolute atomic E-state index is 13.4. The number of hydrogen-bond acceptors (Lipinski definition) is 4. The van der Waals surface area contributed by atoms with Crippen molar-refractivity contribution >= 4 is 39.9 Å². The van der Waals surface area contributed by atoms with Gasteiger partial charge in [-0.2, -0.15) is 4.98 Å². The van der Waals surface area contributed by atoms with Crippen LogP contribution in [0.2, 0.25) is 5.02 Å². The number of amides is 1. The van der Waals surface area contributed by atoms with Gasteiger partial charge in [-0.25, -0.2) is 4.52 Å². The maximum Gasteiger partial charge on any atom is 0.296 e. The molecule has 0 aliphatic heterocycles.